The number of nitrogens with zero attached hydrogens (tertiary/aromatic N) is 2. The third kappa shape index (κ3) is 4.36. The molecule has 2 aromatic heterocycles. The Morgan fingerprint density at radius 2 is 1.96 bits per heavy atom. The second kappa shape index (κ2) is 7.52. The van der Waals surface area contributed by atoms with Crippen molar-refractivity contribution in [3.05, 3.63) is 58.8 Å². The maximum Gasteiger partial charge on any atom is 0.319 e. The van der Waals surface area contributed by atoms with Gasteiger partial charge in [-0.3, -0.25) is 9.97 Å². The fourth-order valence-corrected chi connectivity index (χ4v) is 3.19. The molecule has 1 aromatic carbocycles. The zero-order valence-corrected chi connectivity index (χ0v) is 16.5. The van der Waals surface area contributed by atoms with Gasteiger partial charge in [-0.2, -0.15) is 0 Å². The van der Waals surface area contributed by atoms with Gasteiger partial charge in [0.1, 0.15) is 5.52 Å². The van der Waals surface area contributed by atoms with Crippen LogP contribution < -0.4 is 16.0 Å². The van der Waals surface area contributed by atoms with Gasteiger partial charge in [0.05, 0.1) is 11.2 Å². The van der Waals surface area contributed by atoms with E-state index < -0.39 is 0 Å². The largest absolute Gasteiger partial charge is 0.377 e. The number of rotatable bonds is 5. The molecule has 0 spiro atoms. The Labute approximate surface area is 165 Å². The first-order valence-electron chi connectivity index (χ1n) is 8.93. The first-order chi connectivity index (χ1) is 13.1. The van der Waals surface area contributed by atoms with Crippen molar-refractivity contribution >= 4 is 44.4 Å². The smallest absolute Gasteiger partial charge is 0.319 e. The van der Waals surface area contributed by atoms with Crippen LogP contribution >= 0.6 is 15.9 Å². The van der Waals surface area contributed by atoms with Gasteiger partial charge in [0, 0.05) is 34.6 Å². The molecule has 0 bridgehead atoms. The van der Waals surface area contributed by atoms with Crippen LogP contribution in [0.25, 0.3) is 11.0 Å². The Morgan fingerprint density at radius 3 is 2.70 bits per heavy atom. The number of carbonyl (C=O) groups is 1. The minimum Gasteiger partial charge on any atom is -0.377 e. The monoisotopic (exact) mass is 425 g/mol. The van der Waals surface area contributed by atoms with E-state index in [0.29, 0.717) is 6.04 Å². The number of aromatic nitrogens is 2. The highest BCUT2D eigenvalue weighted by Crippen LogP contribution is 2.26. The summed E-state index contributed by atoms with van der Waals surface area (Å²) >= 11 is 3.43. The van der Waals surface area contributed by atoms with Crippen molar-refractivity contribution in [2.24, 2.45) is 0 Å². The van der Waals surface area contributed by atoms with E-state index in [2.05, 4.69) is 48.8 Å². The molecule has 1 saturated carbocycles. The summed E-state index contributed by atoms with van der Waals surface area (Å²) in [6, 6.07) is 12.0. The highest BCUT2D eigenvalue weighted by Gasteiger charge is 2.23. The Kier molecular flexibility index (Phi) is 4.94. The molecule has 1 aliphatic carbocycles. The molecule has 1 aliphatic rings. The van der Waals surface area contributed by atoms with Crippen molar-refractivity contribution in [1.82, 2.24) is 15.3 Å². The predicted octanol–water partition coefficient (Wildman–Crippen LogP) is 4.85. The standard InChI is InChI=1S/C20H20BrN5O/c1-12(24-17-8-9-22-18-10-14(21)11-23-19(17)18)13-2-4-15(5-3-13)25-20(27)26-16-6-7-16/h2-5,8-12,16H,6-7H2,1H3,(H,22,24)(H2,25,26,27). The maximum atomic E-state index is 11.8. The van der Waals surface area contributed by atoms with Gasteiger partial charge >= 0.3 is 6.03 Å². The molecule has 0 aliphatic heterocycles. The summed E-state index contributed by atoms with van der Waals surface area (Å²) in [5.41, 5.74) is 4.51. The highest BCUT2D eigenvalue weighted by molar-refractivity contribution is 9.10. The van der Waals surface area contributed by atoms with Gasteiger partial charge in [-0.05, 0) is 65.5 Å². The minimum atomic E-state index is -0.142. The van der Waals surface area contributed by atoms with Crippen LogP contribution in [0.2, 0.25) is 0 Å². The van der Waals surface area contributed by atoms with E-state index >= 15 is 0 Å². The lowest BCUT2D eigenvalue weighted by atomic mass is 10.1. The van der Waals surface area contributed by atoms with E-state index in [4.69, 9.17) is 0 Å². The molecule has 7 heteroatoms. The average Bonchev–Trinajstić information content (AvgIpc) is 3.46. The average molecular weight is 426 g/mol. The Hall–Kier alpha value is -2.67. The third-order valence-electron chi connectivity index (χ3n) is 4.50. The van der Waals surface area contributed by atoms with Gasteiger partial charge in [0.15, 0.2) is 0 Å². The summed E-state index contributed by atoms with van der Waals surface area (Å²) in [7, 11) is 0. The first kappa shape index (κ1) is 17.7. The van der Waals surface area contributed by atoms with Crippen LogP contribution in [-0.4, -0.2) is 22.0 Å². The number of hydrogen-bond acceptors (Lipinski definition) is 4. The van der Waals surface area contributed by atoms with Gasteiger partial charge in [0.2, 0.25) is 0 Å². The molecule has 4 rings (SSSR count). The molecule has 1 atom stereocenters. The molecule has 138 valence electrons. The van der Waals surface area contributed by atoms with Gasteiger partial charge in [-0.15, -0.1) is 0 Å². The van der Waals surface area contributed by atoms with Crippen LogP contribution in [0.1, 0.15) is 31.4 Å². The molecule has 3 aromatic rings. The van der Waals surface area contributed by atoms with Crippen molar-refractivity contribution in [1.29, 1.82) is 0 Å². The van der Waals surface area contributed by atoms with Crippen LogP contribution in [0.3, 0.4) is 0 Å². The summed E-state index contributed by atoms with van der Waals surface area (Å²) in [6.07, 6.45) is 5.69. The summed E-state index contributed by atoms with van der Waals surface area (Å²) in [5, 5.41) is 9.28. The van der Waals surface area contributed by atoms with Crippen molar-refractivity contribution < 1.29 is 4.79 Å². The molecule has 3 N–H and O–H groups in total. The Balaban J connectivity index is 1.45. The number of fused-ring (bicyclic) bond motifs is 1. The zero-order chi connectivity index (χ0) is 18.8. The lowest BCUT2D eigenvalue weighted by molar-refractivity contribution is 0.251. The van der Waals surface area contributed by atoms with Crippen LogP contribution in [0.15, 0.2) is 53.3 Å². The Bertz CT molecular complexity index is 972. The molecule has 2 amide bonds. The number of pyridine rings is 2. The van der Waals surface area contributed by atoms with E-state index in [1.165, 1.54) is 0 Å². The van der Waals surface area contributed by atoms with E-state index in [1.807, 2.05) is 36.4 Å². The summed E-state index contributed by atoms with van der Waals surface area (Å²) in [6.45, 7) is 2.09. The number of benzene rings is 1. The van der Waals surface area contributed by atoms with E-state index in [0.717, 1.165) is 45.3 Å². The van der Waals surface area contributed by atoms with Crippen LogP contribution in [0.4, 0.5) is 16.2 Å². The van der Waals surface area contributed by atoms with Crippen LogP contribution in [-0.2, 0) is 0 Å². The summed E-state index contributed by atoms with van der Waals surface area (Å²) in [5.74, 6) is 0. The topological polar surface area (TPSA) is 78.9 Å². The molecule has 6 nitrogen and oxygen atoms in total. The van der Waals surface area contributed by atoms with E-state index in [-0.39, 0.29) is 12.1 Å². The molecule has 0 saturated heterocycles. The molecule has 27 heavy (non-hydrogen) atoms. The van der Waals surface area contributed by atoms with Crippen LogP contribution in [0, 0.1) is 0 Å². The SMILES string of the molecule is CC(Nc1ccnc2cc(Br)cnc12)c1ccc(NC(=O)NC2CC2)cc1. The minimum absolute atomic E-state index is 0.0791. The third-order valence-corrected chi connectivity index (χ3v) is 4.93. The number of amides is 2. The summed E-state index contributed by atoms with van der Waals surface area (Å²) in [4.78, 5) is 20.7. The fourth-order valence-electron chi connectivity index (χ4n) is 2.87. The number of urea groups is 1. The molecular formula is C20H20BrN5O. The zero-order valence-electron chi connectivity index (χ0n) is 14.9. The van der Waals surface area contributed by atoms with Crippen molar-refractivity contribution in [2.45, 2.75) is 31.8 Å². The van der Waals surface area contributed by atoms with Gasteiger partial charge in [-0.25, -0.2) is 4.79 Å². The molecule has 2 heterocycles. The molecular weight excluding hydrogens is 406 g/mol. The molecule has 1 unspecified atom stereocenters. The number of carbonyl (C=O) groups excluding carboxylic acids is 1. The lowest BCUT2D eigenvalue weighted by Crippen LogP contribution is -2.30. The highest BCUT2D eigenvalue weighted by atomic mass is 79.9. The Morgan fingerprint density at radius 1 is 1.19 bits per heavy atom. The van der Waals surface area contributed by atoms with Crippen LogP contribution in [0.5, 0.6) is 0 Å². The lowest BCUT2D eigenvalue weighted by Gasteiger charge is -2.17. The first-order valence-corrected chi connectivity index (χ1v) is 9.72. The van der Waals surface area contributed by atoms with E-state index in [9.17, 15) is 4.79 Å². The van der Waals surface area contributed by atoms with E-state index in [1.54, 1.807) is 12.4 Å². The van der Waals surface area contributed by atoms with Gasteiger partial charge in [-0.1, -0.05) is 12.1 Å². The number of anilines is 2. The maximum absolute atomic E-state index is 11.8. The second-order valence-electron chi connectivity index (χ2n) is 6.74. The van der Waals surface area contributed by atoms with Crippen molar-refractivity contribution in [3.8, 4) is 0 Å². The predicted molar refractivity (Wildman–Crippen MR) is 111 cm³/mol. The van der Waals surface area contributed by atoms with Gasteiger partial charge in [0.25, 0.3) is 0 Å². The number of nitrogens with one attached hydrogen (secondary N) is 3. The molecule has 1 fully saturated rings. The number of hydrogen-bond donors (Lipinski definition) is 3. The van der Waals surface area contributed by atoms with Gasteiger partial charge < -0.3 is 16.0 Å². The quantitative estimate of drug-likeness (QED) is 0.545. The second-order valence-corrected chi connectivity index (χ2v) is 7.66. The van der Waals surface area contributed by atoms with Crippen molar-refractivity contribution in [2.75, 3.05) is 10.6 Å². The fraction of sp³-hybridized carbons (Fsp3) is 0.250. The molecule has 0 radical (unpaired) electrons. The van der Waals surface area contributed by atoms with Crippen molar-refractivity contribution in [3.63, 3.8) is 0 Å². The summed E-state index contributed by atoms with van der Waals surface area (Å²) < 4.78 is 0.904. The number of halogens is 1. The normalized spacial score (nSPS) is 14.6.